The topological polar surface area (TPSA) is 84.5 Å². The number of hydrogen-bond acceptors (Lipinski definition) is 8. The van der Waals surface area contributed by atoms with Crippen molar-refractivity contribution in [3.63, 3.8) is 0 Å². The maximum atomic E-state index is 7.20. The molecule has 0 fully saturated rings. The molecule has 1 unspecified atom stereocenters. The Kier molecular flexibility index (Phi) is 13.4. The molecule has 5 aromatic rings. The van der Waals surface area contributed by atoms with Gasteiger partial charge in [0.1, 0.15) is 41.7 Å². The molecule has 268 valence electrons. The van der Waals surface area contributed by atoms with Crippen molar-refractivity contribution in [3.8, 4) is 11.5 Å². The first-order valence-electron chi connectivity index (χ1n) is 16.9. The second-order valence-corrected chi connectivity index (χ2v) is 14.2. The zero-order chi connectivity index (χ0) is 36.4. The molecule has 0 radical (unpaired) electrons. The highest BCUT2D eigenvalue weighted by atomic mass is 35.5. The molecule has 0 aliphatic carbocycles. The van der Waals surface area contributed by atoms with Gasteiger partial charge in [0, 0.05) is 24.8 Å². The summed E-state index contributed by atoms with van der Waals surface area (Å²) in [5, 5.41) is 0.493. The van der Waals surface area contributed by atoms with E-state index < -0.39 is 14.1 Å². The Morgan fingerprint density at radius 1 is 0.843 bits per heavy atom. The van der Waals surface area contributed by atoms with Crippen LogP contribution in [0.15, 0.2) is 91.1 Å². The lowest BCUT2D eigenvalue weighted by Gasteiger charge is -2.36. The summed E-state index contributed by atoms with van der Waals surface area (Å²) in [5.74, 6) is 2.15. The van der Waals surface area contributed by atoms with Crippen molar-refractivity contribution in [2.45, 2.75) is 58.5 Å². The van der Waals surface area contributed by atoms with Crippen LogP contribution in [-0.2, 0) is 32.5 Å². The molecule has 12 heteroatoms. The minimum absolute atomic E-state index is 0.126. The van der Waals surface area contributed by atoms with Gasteiger partial charge in [0.2, 0.25) is 6.54 Å². The fourth-order valence-corrected chi connectivity index (χ4v) is 7.87. The molecule has 51 heavy (non-hydrogen) atoms. The molecular formula is C39H45ClN5O5P. The average Bonchev–Trinajstić information content (AvgIpc) is 3.48. The van der Waals surface area contributed by atoms with E-state index in [1.165, 1.54) is 0 Å². The molecule has 0 bridgehead atoms. The zero-order valence-electron chi connectivity index (χ0n) is 30.0. The predicted molar refractivity (Wildman–Crippen MR) is 202 cm³/mol. The van der Waals surface area contributed by atoms with Gasteiger partial charge in [0.25, 0.3) is 8.53 Å². The molecule has 0 spiro atoms. The summed E-state index contributed by atoms with van der Waals surface area (Å²) in [5.41, 5.74) is 3.06. The van der Waals surface area contributed by atoms with E-state index >= 15 is 0 Å². The molecule has 2 aromatic heterocycles. The van der Waals surface area contributed by atoms with Gasteiger partial charge in [-0.3, -0.25) is 0 Å². The van der Waals surface area contributed by atoms with Gasteiger partial charge in [-0.1, -0.05) is 66.2 Å². The van der Waals surface area contributed by atoms with E-state index in [2.05, 4.69) is 54.3 Å². The van der Waals surface area contributed by atoms with E-state index in [1.54, 1.807) is 20.4 Å². The molecule has 0 N–H and O–H groups in total. The number of fused-ring (bicyclic) bond motifs is 1. The normalized spacial score (nSPS) is 12.5. The smallest absolute Gasteiger partial charge is 0.259 e. The van der Waals surface area contributed by atoms with Crippen LogP contribution in [0.2, 0.25) is 5.02 Å². The van der Waals surface area contributed by atoms with Crippen molar-refractivity contribution in [2.75, 3.05) is 34.0 Å². The second kappa shape index (κ2) is 17.9. The standard InChI is InChI=1S/C39H45ClN5O5P/c1-28(2)45(29(3)4)51(49-23-21-41-5)50-24-22-44-37(43-36-25-33(40)26-42-38(36)44)27-48-39(30-11-9-8-10-12-30,31-13-17-34(46-6)18-14-31)32-15-19-35(47-7)20-16-32/h8-20,25-26,28-29H,21-24,27H2,1-4,6-7H3. The minimum Gasteiger partial charge on any atom is -0.497 e. The lowest BCUT2D eigenvalue weighted by Crippen LogP contribution is -2.34. The lowest BCUT2D eigenvalue weighted by molar-refractivity contribution is -0.00456. The molecule has 10 nitrogen and oxygen atoms in total. The molecule has 0 amide bonds. The molecule has 3 aromatic carbocycles. The molecular weight excluding hydrogens is 685 g/mol. The number of aromatic nitrogens is 3. The lowest BCUT2D eigenvalue weighted by atomic mass is 9.80. The quantitative estimate of drug-likeness (QED) is 0.0383. The van der Waals surface area contributed by atoms with Gasteiger partial charge in [-0.2, -0.15) is 0 Å². The molecule has 0 saturated carbocycles. The molecule has 5 rings (SSSR count). The van der Waals surface area contributed by atoms with Crippen LogP contribution in [0, 0.1) is 6.57 Å². The first-order chi connectivity index (χ1) is 24.7. The average molecular weight is 730 g/mol. The zero-order valence-corrected chi connectivity index (χ0v) is 31.6. The minimum atomic E-state index is -1.42. The Balaban J connectivity index is 1.54. The highest BCUT2D eigenvalue weighted by Gasteiger charge is 2.38. The molecule has 0 aliphatic rings. The van der Waals surface area contributed by atoms with Crippen LogP contribution < -0.4 is 9.47 Å². The van der Waals surface area contributed by atoms with Gasteiger partial charge in [-0.05, 0) is 74.7 Å². The van der Waals surface area contributed by atoms with Crippen LogP contribution in [-0.4, -0.2) is 65.3 Å². The van der Waals surface area contributed by atoms with Gasteiger partial charge >= 0.3 is 0 Å². The van der Waals surface area contributed by atoms with Crippen LogP contribution in [0.1, 0.15) is 50.2 Å². The SMILES string of the molecule is [C-]#[N+]CCOP(OCCn1c(COC(c2ccccc2)(c2ccc(OC)cc2)c2ccc(OC)cc2)nc2cc(Cl)cnc21)N(C(C)C)C(C)C. The number of benzene rings is 3. The van der Waals surface area contributed by atoms with Gasteiger partial charge < -0.3 is 32.7 Å². The van der Waals surface area contributed by atoms with E-state index in [1.807, 2.05) is 77.4 Å². The van der Waals surface area contributed by atoms with Gasteiger partial charge in [0.15, 0.2) is 5.65 Å². The maximum Gasteiger partial charge on any atom is 0.259 e. The van der Waals surface area contributed by atoms with E-state index in [0.717, 1.165) is 28.2 Å². The largest absolute Gasteiger partial charge is 0.497 e. The monoisotopic (exact) mass is 729 g/mol. The van der Waals surface area contributed by atoms with Crippen molar-refractivity contribution in [1.82, 2.24) is 19.2 Å². The molecule has 0 saturated heterocycles. The number of ether oxygens (including phenoxy) is 3. The van der Waals surface area contributed by atoms with Crippen LogP contribution in [0.3, 0.4) is 0 Å². The Morgan fingerprint density at radius 2 is 1.41 bits per heavy atom. The Labute approximate surface area is 307 Å². The summed E-state index contributed by atoms with van der Waals surface area (Å²) >= 11 is 6.39. The second-order valence-electron chi connectivity index (χ2n) is 12.3. The van der Waals surface area contributed by atoms with E-state index in [0.29, 0.717) is 41.8 Å². The van der Waals surface area contributed by atoms with Gasteiger partial charge in [-0.25, -0.2) is 21.2 Å². The third-order valence-corrected chi connectivity index (χ3v) is 10.7. The van der Waals surface area contributed by atoms with Gasteiger partial charge in [-0.15, -0.1) is 0 Å². The summed E-state index contributed by atoms with van der Waals surface area (Å²) in [6.45, 7) is 17.1. The Bertz CT molecular complexity index is 1830. The van der Waals surface area contributed by atoms with Crippen molar-refractivity contribution in [2.24, 2.45) is 0 Å². The third kappa shape index (κ3) is 8.88. The number of methoxy groups -OCH3 is 2. The summed E-state index contributed by atoms with van der Waals surface area (Å²) in [7, 11) is 1.89. The number of halogens is 1. The summed E-state index contributed by atoms with van der Waals surface area (Å²) in [6, 6.07) is 28.2. The predicted octanol–water partition coefficient (Wildman–Crippen LogP) is 8.91. The highest BCUT2D eigenvalue weighted by molar-refractivity contribution is 7.44. The number of pyridine rings is 1. The third-order valence-electron chi connectivity index (χ3n) is 8.39. The van der Waals surface area contributed by atoms with E-state index in [4.69, 9.17) is 46.4 Å². The molecule has 1 atom stereocenters. The maximum absolute atomic E-state index is 7.20. The fourth-order valence-electron chi connectivity index (χ4n) is 6.14. The van der Waals surface area contributed by atoms with Gasteiger partial charge in [0.05, 0.1) is 25.8 Å². The highest BCUT2D eigenvalue weighted by Crippen LogP contribution is 2.46. The van der Waals surface area contributed by atoms with Crippen LogP contribution >= 0.6 is 20.1 Å². The summed E-state index contributed by atoms with van der Waals surface area (Å²) in [4.78, 5) is 13.1. The number of nitrogens with zero attached hydrogens (tertiary/aromatic N) is 5. The van der Waals surface area contributed by atoms with Crippen molar-refractivity contribution in [3.05, 3.63) is 130 Å². The van der Waals surface area contributed by atoms with Crippen molar-refractivity contribution in [1.29, 1.82) is 0 Å². The molecule has 2 heterocycles. The van der Waals surface area contributed by atoms with Crippen molar-refractivity contribution < 1.29 is 23.3 Å². The van der Waals surface area contributed by atoms with Crippen LogP contribution in [0.5, 0.6) is 11.5 Å². The van der Waals surface area contributed by atoms with E-state index in [-0.39, 0.29) is 25.2 Å². The van der Waals surface area contributed by atoms with Crippen LogP contribution in [0.25, 0.3) is 16.0 Å². The Morgan fingerprint density at radius 3 is 1.96 bits per heavy atom. The van der Waals surface area contributed by atoms with E-state index in [9.17, 15) is 0 Å². The van der Waals surface area contributed by atoms with Crippen LogP contribution in [0.4, 0.5) is 0 Å². The first-order valence-corrected chi connectivity index (χ1v) is 18.4. The van der Waals surface area contributed by atoms with Crippen molar-refractivity contribution >= 4 is 31.3 Å². The summed E-state index contributed by atoms with van der Waals surface area (Å²) < 4.78 is 35.1. The summed E-state index contributed by atoms with van der Waals surface area (Å²) in [6.07, 6.45) is 1.62. The molecule has 0 aliphatic heterocycles. The first kappa shape index (κ1) is 38.2. The number of rotatable bonds is 18. The Hall–Kier alpha value is -4.07. The fraction of sp³-hybridized carbons (Fsp3) is 0.359. The number of hydrogen-bond donors (Lipinski definition) is 0. The number of imidazole rings is 1.